The lowest BCUT2D eigenvalue weighted by Gasteiger charge is -2.29. The molecule has 0 spiro atoms. The molecular formula is C16H19N3O3. The highest BCUT2D eigenvalue weighted by Crippen LogP contribution is 2.33. The summed E-state index contributed by atoms with van der Waals surface area (Å²) < 4.78 is 10.7. The zero-order valence-electron chi connectivity index (χ0n) is 13.0. The van der Waals surface area contributed by atoms with Crippen LogP contribution < -0.4 is 9.47 Å². The van der Waals surface area contributed by atoms with Gasteiger partial charge in [0.05, 0.1) is 20.5 Å². The zero-order valence-corrected chi connectivity index (χ0v) is 13.0. The third-order valence-corrected chi connectivity index (χ3v) is 4.04. The maximum atomic E-state index is 12.6. The van der Waals surface area contributed by atoms with Crippen molar-refractivity contribution in [2.75, 3.05) is 20.8 Å². The van der Waals surface area contributed by atoms with E-state index in [0.29, 0.717) is 24.5 Å². The molecule has 6 heteroatoms. The van der Waals surface area contributed by atoms with Crippen LogP contribution in [0.4, 0.5) is 0 Å². The molecule has 22 heavy (non-hydrogen) atoms. The minimum Gasteiger partial charge on any atom is -0.493 e. The summed E-state index contributed by atoms with van der Waals surface area (Å²) in [6.07, 6.45) is 2.35. The number of aryl methyl sites for hydroxylation is 1. The van der Waals surface area contributed by atoms with Crippen molar-refractivity contribution in [2.45, 2.75) is 19.9 Å². The Morgan fingerprint density at radius 2 is 1.91 bits per heavy atom. The lowest BCUT2D eigenvalue weighted by Crippen LogP contribution is -2.36. The van der Waals surface area contributed by atoms with Gasteiger partial charge in [-0.3, -0.25) is 4.79 Å². The maximum absolute atomic E-state index is 12.6. The molecular weight excluding hydrogens is 282 g/mol. The number of aromatic nitrogens is 2. The number of methoxy groups -OCH3 is 2. The fraction of sp³-hybridized carbons (Fsp3) is 0.375. The van der Waals surface area contributed by atoms with E-state index in [2.05, 4.69) is 9.97 Å². The van der Waals surface area contributed by atoms with Gasteiger partial charge in [0.1, 0.15) is 5.69 Å². The smallest absolute Gasteiger partial charge is 0.274 e. The first-order chi connectivity index (χ1) is 10.6. The van der Waals surface area contributed by atoms with E-state index in [-0.39, 0.29) is 5.91 Å². The van der Waals surface area contributed by atoms with Crippen LogP contribution in [0.2, 0.25) is 0 Å². The number of carbonyl (C=O) groups excluding carboxylic acids is 1. The van der Waals surface area contributed by atoms with Crippen LogP contribution >= 0.6 is 0 Å². The van der Waals surface area contributed by atoms with E-state index in [4.69, 9.17) is 9.47 Å². The predicted octanol–water partition coefficient (Wildman–Crippen LogP) is 1.93. The number of amides is 1. The molecule has 0 atom stereocenters. The Balaban J connectivity index is 1.87. The summed E-state index contributed by atoms with van der Waals surface area (Å²) in [5, 5.41) is 0. The average molecular weight is 301 g/mol. The van der Waals surface area contributed by atoms with Gasteiger partial charge in [-0.15, -0.1) is 0 Å². The molecule has 0 fully saturated rings. The molecule has 1 aliphatic heterocycles. The van der Waals surface area contributed by atoms with Gasteiger partial charge in [0.25, 0.3) is 5.91 Å². The molecule has 3 rings (SSSR count). The second-order valence-corrected chi connectivity index (χ2v) is 5.33. The number of hydrogen-bond donors (Lipinski definition) is 1. The number of aromatic amines is 1. The van der Waals surface area contributed by atoms with Crippen molar-refractivity contribution in [3.63, 3.8) is 0 Å². The van der Waals surface area contributed by atoms with Crippen LogP contribution in [0.3, 0.4) is 0 Å². The SMILES string of the molecule is COc1cc2c(cc1OC)CN(C(=O)c1nc[nH]c1C)CC2. The molecule has 0 radical (unpaired) electrons. The molecule has 1 aromatic heterocycles. The number of hydrogen-bond acceptors (Lipinski definition) is 4. The topological polar surface area (TPSA) is 67.5 Å². The van der Waals surface area contributed by atoms with Crippen LogP contribution in [0.25, 0.3) is 0 Å². The van der Waals surface area contributed by atoms with E-state index >= 15 is 0 Å². The van der Waals surface area contributed by atoms with Gasteiger partial charge in [0, 0.05) is 18.8 Å². The second kappa shape index (κ2) is 5.71. The Morgan fingerprint density at radius 1 is 1.23 bits per heavy atom. The Kier molecular flexibility index (Phi) is 3.75. The Bertz CT molecular complexity index is 709. The number of H-pyrrole nitrogens is 1. The summed E-state index contributed by atoms with van der Waals surface area (Å²) in [5.41, 5.74) is 3.57. The van der Waals surface area contributed by atoms with E-state index in [1.54, 1.807) is 20.5 Å². The third-order valence-electron chi connectivity index (χ3n) is 4.04. The van der Waals surface area contributed by atoms with Crippen LogP contribution in [0.5, 0.6) is 11.5 Å². The third kappa shape index (κ3) is 2.41. The Hall–Kier alpha value is -2.50. The molecule has 0 saturated carbocycles. The summed E-state index contributed by atoms with van der Waals surface area (Å²) in [7, 11) is 3.24. The number of ether oxygens (including phenoxy) is 2. The van der Waals surface area contributed by atoms with E-state index < -0.39 is 0 Å². The van der Waals surface area contributed by atoms with Gasteiger partial charge in [-0.2, -0.15) is 0 Å². The molecule has 1 amide bonds. The van der Waals surface area contributed by atoms with Gasteiger partial charge in [-0.25, -0.2) is 4.98 Å². The first kappa shape index (κ1) is 14.4. The fourth-order valence-electron chi connectivity index (χ4n) is 2.78. The van der Waals surface area contributed by atoms with Crippen LogP contribution in [-0.2, 0) is 13.0 Å². The molecule has 2 heterocycles. The second-order valence-electron chi connectivity index (χ2n) is 5.33. The fourth-order valence-corrected chi connectivity index (χ4v) is 2.78. The van der Waals surface area contributed by atoms with E-state index in [9.17, 15) is 4.79 Å². The van der Waals surface area contributed by atoms with Crippen molar-refractivity contribution < 1.29 is 14.3 Å². The summed E-state index contributed by atoms with van der Waals surface area (Å²) in [4.78, 5) is 21.4. The highest BCUT2D eigenvalue weighted by Gasteiger charge is 2.25. The van der Waals surface area contributed by atoms with Gasteiger partial charge in [-0.05, 0) is 36.6 Å². The maximum Gasteiger partial charge on any atom is 0.274 e. The van der Waals surface area contributed by atoms with Crippen LogP contribution in [-0.4, -0.2) is 41.5 Å². The lowest BCUT2D eigenvalue weighted by molar-refractivity contribution is 0.0728. The Morgan fingerprint density at radius 3 is 2.50 bits per heavy atom. The number of nitrogens with zero attached hydrogens (tertiary/aromatic N) is 2. The summed E-state index contributed by atoms with van der Waals surface area (Å²) in [6, 6.07) is 3.95. The van der Waals surface area contributed by atoms with Gasteiger partial charge in [0.2, 0.25) is 0 Å². The predicted molar refractivity (Wildman–Crippen MR) is 81.3 cm³/mol. The molecule has 0 saturated heterocycles. The van der Waals surface area contributed by atoms with Crippen LogP contribution in [0.1, 0.15) is 27.3 Å². The normalized spacial score (nSPS) is 13.7. The number of fused-ring (bicyclic) bond motifs is 1. The summed E-state index contributed by atoms with van der Waals surface area (Å²) in [6.45, 7) is 3.08. The monoisotopic (exact) mass is 301 g/mol. The van der Waals surface area contributed by atoms with Gasteiger partial charge in [-0.1, -0.05) is 0 Å². The lowest BCUT2D eigenvalue weighted by atomic mass is 9.98. The van der Waals surface area contributed by atoms with Crippen LogP contribution in [0.15, 0.2) is 18.5 Å². The number of benzene rings is 1. The molecule has 2 aromatic rings. The first-order valence-electron chi connectivity index (χ1n) is 7.17. The molecule has 6 nitrogen and oxygen atoms in total. The minimum absolute atomic E-state index is 0.0424. The standard InChI is InChI=1S/C16H19N3O3/c1-10-15(18-9-17-10)16(20)19-5-4-11-6-13(21-2)14(22-3)7-12(11)8-19/h6-7,9H,4-5,8H2,1-3H3,(H,17,18). The highest BCUT2D eigenvalue weighted by molar-refractivity contribution is 5.93. The quantitative estimate of drug-likeness (QED) is 0.940. The number of nitrogens with one attached hydrogen (secondary N) is 1. The zero-order chi connectivity index (χ0) is 15.7. The minimum atomic E-state index is -0.0424. The number of rotatable bonds is 3. The van der Waals surface area contributed by atoms with E-state index in [1.165, 1.54) is 5.56 Å². The van der Waals surface area contributed by atoms with Crippen molar-refractivity contribution in [1.29, 1.82) is 0 Å². The summed E-state index contributed by atoms with van der Waals surface area (Å²) >= 11 is 0. The molecule has 1 aromatic carbocycles. The van der Waals surface area contributed by atoms with Gasteiger partial charge < -0.3 is 19.4 Å². The number of imidazole rings is 1. The molecule has 0 aliphatic carbocycles. The van der Waals surface area contributed by atoms with Crippen molar-refractivity contribution in [3.05, 3.63) is 41.0 Å². The van der Waals surface area contributed by atoms with Crippen molar-refractivity contribution in [2.24, 2.45) is 0 Å². The van der Waals surface area contributed by atoms with E-state index in [1.807, 2.05) is 24.0 Å². The average Bonchev–Trinajstić information content (AvgIpc) is 2.98. The van der Waals surface area contributed by atoms with Crippen molar-refractivity contribution in [3.8, 4) is 11.5 Å². The molecule has 0 bridgehead atoms. The first-order valence-corrected chi connectivity index (χ1v) is 7.17. The van der Waals surface area contributed by atoms with Crippen LogP contribution in [0, 0.1) is 6.92 Å². The molecule has 0 unspecified atom stereocenters. The highest BCUT2D eigenvalue weighted by atomic mass is 16.5. The summed E-state index contributed by atoms with van der Waals surface area (Å²) in [5.74, 6) is 1.37. The van der Waals surface area contributed by atoms with E-state index in [0.717, 1.165) is 23.4 Å². The molecule has 116 valence electrons. The largest absolute Gasteiger partial charge is 0.493 e. The van der Waals surface area contributed by atoms with Crippen molar-refractivity contribution >= 4 is 5.91 Å². The molecule has 1 aliphatic rings. The van der Waals surface area contributed by atoms with Gasteiger partial charge in [0.15, 0.2) is 11.5 Å². The van der Waals surface area contributed by atoms with Crippen molar-refractivity contribution in [1.82, 2.24) is 14.9 Å². The molecule has 1 N–H and O–H groups in total. The number of carbonyl (C=O) groups is 1. The van der Waals surface area contributed by atoms with Gasteiger partial charge >= 0.3 is 0 Å². The Labute approximate surface area is 129 Å².